The summed E-state index contributed by atoms with van der Waals surface area (Å²) >= 11 is 0. The van der Waals surface area contributed by atoms with Crippen LogP contribution in [-0.2, 0) is 6.42 Å². The average molecular weight is 286 g/mol. The number of anilines is 1. The quantitative estimate of drug-likeness (QED) is 0.926. The summed E-state index contributed by atoms with van der Waals surface area (Å²) in [5, 5.41) is 3.17. The highest BCUT2D eigenvalue weighted by Crippen LogP contribution is 2.27. The van der Waals surface area contributed by atoms with E-state index < -0.39 is 12.6 Å². The maximum absolute atomic E-state index is 12.3. The zero-order valence-electron chi connectivity index (χ0n) is 11.3. The van der Waals surface area contributed by atoms with Crippen LogP contribution in [0.3, 0.4) is 0 Å². The minimum absolute atomic E-state index is 0.327. The Morgan fingerprint density at radius 1 is 1.40 bits per heavy atom. The summed E-state index contributed by atoms with van der Waals surface area (Å²) in [6.07, 6.45) is -3.36. The van der Waals surface area contributed by atoms with Crippen molar-refractivity contribution in [3.63, 3.8) is 0 Å². The molecule has 1 aromatic carbocycles. The normalized spacial score (nSPS) is 14.4. The van der Waals surface area contributed by atoms with Gasteiger partial charge in [-0.05, 0) is 24.5 Å². The molecule has 3 nitrogen and oxygen atoms in total. The van der Waals surface area contributed by atoms with Gasteiger partial charge in [-0.3, -0.25) is 4.79 Å². The molecule has 0 unspecified atom stereocenters. The topological polar surface area (TPSA) is 32.3 Å². The van der Waals surface area contributed by atoms with Crippen LogP contribution in [0.5, 0.6) is 0 Å². The second kappa shape index (κ2) is 5.73. The van der Waals surface area contributed by atoms with Gasteiger partial charge in [-0.1, -0.05) is 12.1 Å². The third kappa shape index (κ3) is 3.43. The van der Waals surface area contributed by atoms with Crippen molar-refractivity contribution in [2.45, 2.75) is 25.4 Å². The molecule has 1 heterocycles. The van der Waals surface area contributed by atoms with Crippen LogP contribution in [0.4, 0.5) is 18.9 Å². The molecular formula is C14H17F3N2O. The van der Waals surface area contributed by atoms with Gasteiger partial charge in [0.25, 0.3) is 5.91 Å². The number of carbonyl (C=O) groups excluding carboxylic acids is 1. The Morgan fingerprint density at radius 2 is 2.15 bits per heavy atom. The van der Waals surface area contributed by atoms with E-state index in [2.05, 4.69) is 5.32 Å². The fraction of sp³-hybridized carbons (Fsp3) is 0.500. The number of nitrogens with one attached hydrogen (secondary N) is 1. The minimum atomic E-state index is -4.25. The van der Waals surface area contributed by atoms with E-state index in [0.717, 1.165) is 35.5 Å². The molecule has 0 radical (unpaired) electrons. The number of amides is 1. The number of alkyl halides is 3. The highest BCUT2D eigenvalue weighted by Gasteiger charge is 2.29. The second-order valence-corrected chi connectivity index (χ2v) is 4.96. The first kappa shape index (κ1) is 14.7. The van der Waals surface area contributed by atoms with Gasteiger partial charge in [-0.25, -0.2) is 0 Å². The number of hydrogen-bond acceptors (Lipinski definition) is 2. The largest absolute Gasteiger partial charge is 0.390 e. The molecule has 20 heavy (non-hydrogen) atoms. The van der Waals surface area contributed by atoms with E-state index in [1.54, 1.807) is 12.1 Å². The van der Waals surface area contributed by atoms with Crippen LogP contribution in [-0.4, -0.2) is 37.1 Å². The third-order valence-corrected chi connectivity index (χ3v) is 3.38. The molecule has 1 aliphatic heterocycles. The van der Waals surface area contributed by atoms with Gasteiger partial charge in [0.15, 0.2) is 0 Å². The summed E-state index contributed by atoms with van der Waals surface area (Å²) in [6.45, 7) is 0.454. The Kier molecular flexibility index (Phi) is 4.20. The monoisotopic (exact) mass is 286 g/mol. The molecule has 2 rings (SSSR count). The molecule has 0 saturated carbocycles. The van der Waals surface area contributed by atoms with Gasteiger partial charge in [0.2, 0.25) is 0 Å². The fourth-order valence-corrected chi connectivity index (χ4v) is 2.29. The van der Waals surface area contributed by atoms with Gasteiger partial charge in [0.05, 0.1) is 17.7 Å². The maximum atomic E-state index is 12.3. The molecule has 1 N–H and O–H groups in total. The number of benzene rings is 1. The summed E-state index contributed by atoms with van der Waals surface area (Å²) in [4.78, 5) is 13.4. The molecule has 0 saturated heterocycles. The van der Waals surface area contributed by atoms with Gasteiger partial charge in [0.1, 0.15) is 0 Å². The summed E-state index contributed by atoms with van der Waals surface area (Å²) in [5.74, 6) is -0.375. The molecule has 6 heteroatoms. The van der Waals surface area contributed by atoms with E-state index >= 15 is 0 Å². The van der Waals surface area contributed by atoms with E-state index in [9.17, 15) is 18.0 Å². The van der Waals surface area contributed by atoms with Crippen LogP contribution in [0.2, 0.25) is 0 Å². The molecule has 1 aromatic rings. The first-order valence-electron chi connectivity index (χ1n) is 6.56. The van der Waals surface area contributed by atoms with E-state index in [0.29, 0.717) is 5.56 Å². The number of fused-ring (bicyclic) bond motifs is 1. The van der Waals surface area contributed by atoms with Gasteiger partial charge in [-0.2, -0.15) is 13.2 Å². The van der Waals surface area contributed by atoms with Crippen molar-refractivity contribution in [3.05, 3.63) is 29.3 Å². The molecule has 0 aliphatic carbocycles. The highest BCUT2D eigenvalue weighted by atomic mass is 19.4. The Morgan fingerprint density at radius 3 is 2.85 bits per heavy atom. The van der Waals surface area contributed by atoms with Gasteiger partial charge in [-0.15, -0.1) is 0 Å². The van der Waals surface area contributed by atoms with Gasteiger partial charge in [0, 0.05) is 20.1 Å². The summed E-state index contributed by atoms with van der Waals surface area (Å²) < 4.78 is 36.6. The molecule has 0 bridgehead atoms. The smallest absolute Gasteiger partial charge is 0.384 e. The summed E-state index contributed by atoms with van der Waals surface area (Å²) in [7, 11) is 1.40. The molecule has 0 spiro atoms. The van der Waals surface area contributed by atoms with Crippen molar-refractivity contribution in [2.24, 2.45) is 0 Å². The molecule has 0 fully saturated rings. The van der Waals surface area contributed by atoms with Crippen molar-refractivity contribution in [2.75, 3.05) is 25.5 Å². The summed E-state index contributed by atoms with van der Waals surface area (Å²) in [6, 6.07) is 5.37. The lowest BCUT2D eigenvalue weighted by Gasteiger charge is -2.24. The van der Waals surface area contributed by atoms with Crippen LogP contribution in [0.15, 0.2) is 18.2 Å². The zero-order valence-corrected chi connectivity index (χ0v) is 11.3. The number of halogens is 3. The van der Waals surface area contributed by atoms with E-state index in [1.807, 2.05) is 6.07 Å². The molecule has 110 valence electrons. The van der Waals surface area contributed by atoms with Crippen molar-refractivity contribution in [1.29, 1.82) is 0 Å². The lowest BCUT2D eigenvalue weighted by atomic mass is 9.99. The van der Waals surface area contributed by atoms with Gasteiger partial charge < -0.3 is 10.2 Å². The third-order valence-electron chi connectivity index (χ3n) is 3.38. The van der Waals surface area contributed by atoms with Crippen LogP contribution in [0.25, 0.3) is 0 Å². The molecular weight excluding hydrogens is 269 g/mol. The molecule has 0 atom stereocenters. The second-order valence-electron chi connectivity index (χ2n) is 4.96. The number of para-hydroxylation sites is 1. The van der Waals surface area contributed by atoms with E-state index in [4.69, 9.17) is 0 Å². The number of carbonyl (C=O) groups is 1. The Hall–Kier alpha value is -1.72. The molecule has 1 amide bonds. The van der Waals surface area contributed by atoms with Crippen LogP contribution in [0, 0.1) is 0 Å². The van der Waals surface area contributed by atoms with Crippen molar-refractivity contribution < 1.29 is 18.0 Å². The predicted molar refractivity (Wildman–Crippen MR) is 70.9 cm³/mol. The number of nitrogens with zero attached hydrogens (tertiary/aromatic N) is 1. The van der Waals surface area contributed by atoms with Crippen LogP contribution < -0.4 is 5.32 Å². The van der Waals surface area contributed by atoms with Crippen molar-refractivity contribution in [3.8, 4) is 0 Å². The number of rotatable bonds is 3. The number of aryl methyl sites for hydroxylation is 1. The van der Waals surface area contributed by atoms with Gasteiger partial charge >= 0.3 is 6.18 Å². The lowest BCUT2D eigenvalue weighted by Crippen LogP contribution is -2.31. The Balaban J connectivity index is 2.13. The minimum Gasteiger partial charge on any atom is -0.384 e. The number of hydrogen-bond donors (Lipinski definition) is 1. The predicted octanol–water partition coefficient (Wildman–Crippen LogP) is 3.07. The lowest BCUT2D eigenvalue weighted by molar-refractivity contribution is -0.136. The maximum Gasteiger partial charge on any atom is 0.390 e. The SMILES string of the molecule is CN(CCC(F)(F)F)C(=O)c1cccc2c1NCCC2. The molecule has 0 aromatic heterocycles. The average Bonchev–Trinajstić information content (AvgIpc) is 2.42. The standard InChI is InChI=1S/C14H17F3N2O/c1-19(9-7-14(15,16)17)13(20)11-6-2-4-10-5-3-8-18-12(10)11/h2,4,6,18H,3,5,7-9H2,1H3. The Labute approximate surface area is 115 Å². The first-order chi connectivity index (χ1) is 9.38. The zero-order chi connectivity index (χ0) is 14.8. The first-order valence-corrected chi connectivity index (χ1v) is 6.56. The Bertz CT molecular complexity index is 500. The summed E-state index contributed by atoms with van der Waals surface area (Å²) in [5.41, 5.74) is 2.26. The van der Waals surface area contributed by atoms with Crippen LogP contribution in [0.1, 0.15) is 28.8 Å². The van der Waals surface area contributed by atoms with E-state index in [1.165, 1.54) is 7.05 Å². The van der Waals surface area contributed by atoms with Crippen LogP contribution >= 0.6 is 0 Å². The highest BCUT2D eigenvalue weighted by molar-refractivity contribution is 6.00. The van der Waals surface area contributed by atoms with E-state index in [-0.39, 0.29) is 12.5 Å². The fourth-order valence-electron chi connectivity index (χ4n) is 2.29. The van der Waals surface area contributed by atoms with Crippen molar-refractivity contribution in [1.82, 2.24) is 4.90 Å². The molecule has 1 aliphatic rings. The van der Waals surface area contributed by atoms with Crippen molar-refractivity contribution >= 4 is 11.6 Å².